The van der Waals surface area contributed by atoms with Gasteiger partial charge in [-0.3, -0.25) is 9.59 Å². The van der Waals surface area contributed by atoms with E-state index in [1.54, 1.807) is 52.1 Å². The van der Waals surface area contributed by atoms with E-state index in [-0.39, 0.29) is 24.9 Å². The smallest absolute Gasteiger partial charge is 0.407 e. The lowest BCUT2D eigenvalue weighted by molar-refractivity contribution is -0.116. The van der Waals surface area contributed by atoms with E-state index in [4.69, 9.17) is 4.74 Å². The highest BCUT2D eigenvalue weighted by Crippen LogP contribution is 2.11. The first-order valence-corrected chi connectivity index (χ1v) is 9.71. The number of hydrogen-bond donors (Lipinski definition) is 2. The maximum Gasteiger partial charge on any atom is 0.407 e. The van der Waals surface area contributed by atoms with Crippen molar-refractivity contribution in [3.8, 4) is 0 Å². The van der Waals surface area contributed by atoms with Crippen molar-refractivity contribution in [2.45, 2.75) is 39.8 Å². The van der Waals surface area contributed by atoms with Gasteiger partial charge in [-0.2, -0.15) is 0 Å². The maximum absolute atomic E-state index is 12.6. The SMILES string of the molecule is Cc1ccc(NC(=O)CN(C)C(=O)c2ccc(CNC(=O)OC(C)(C)C)cc2)cc1. The minimum absolute atomic E-state index is 0.0609. The van der Waals surface area contributed by atoms with Crippen molar-refractivity contribution in [3.05, 3.63) is 65.2 Å². The molecule has 0 aromatic heterocycles. The van der Waals surface area contributed by atoms with E-state index in [0.29, 0.717) is 11.3 Å². The summed E-state index contributed by atoms with van der Waals surface area (Å²) in [5.41, 5.74) is 2.52. The predicted molar refractivity (Wildman–Crippen MR) is 116 cm³/mol. The number of amides is 3. The largest absolute Gasteiger partial charge is 0.444 e. The van der Waals surface area contributed by atoms with Crippen LogP contribution < -0.4 is 10.6 Å². The van der Waals surface area contributed by atoms with Crippen LogP contribution in [-0.4, -0.2) is 42.0 Å². The van der Waals surface area contributed by atoms with Crippen molar-refractivity contribution in [3.63, 3.8) is 0 Å². The van der Waals surface area contributed by atoms with Crippen molar-refractivity contribution in [2.75, 3.05) is 18.9 Å². The Hall–Kier alpha value is -3.35. The van der Waals surface area contributed by atoms with Crippen molar-refractivity contribution in [1.82, 2.24) is 10.2 Å². The highest BCUT2D eigenvalue weighted by molar-refractivity contribution is 5.99. The number of alkyl carbamates (subject to hydrolysis) is 1. The Morgan fingerprint density at radius 1 is 0.967 bits per heavy atom. The summed E-state index contributed by atoms with van der Waals surface area (Å²) in [5.74, 6) is -0.534. The minimum Gasteiger partial charge on any atom is -0.444 e. The number of rotatable bonds is 6. The Labute approximate surface area is 177 Å². The van der Waals surface area contributed by atoms with Crippen LogP contribution in [0, 0.1) is 6.92 Å². The normalized spacial score (nSPS) is 10.8. The van der Waals surface area contributed by atoms with E-state index in [2.05, 4.69) is 10.6 Å². The number of carbonyl (C=O) groups is 3. The lowest BCUT2D eigenvalue weighted by Gasteiger charge is -2.19. The predicted octanol–water partition coefficient (Wildman–Crippen LogP) is 3.73. The molecule has 2 N–H and O–H groups in total. The standard InChI is InChI=1S/C23H29N3O4/c1-16-6-12-19(13-7-16)25-20(27)15-26(5)21(28)18-10-8-17(9-11-18)14-24-22(29)30-23(2,3)4/h6-13H,14-15H2,1-5H3,(H,24,29)(H,25,27). The number of nitrogens with zero attached hydrogens (tertiary/aromatic N) is 1. The highest BCUT2D eigenvalue weighted by atomic mass is 16.6. The second-order valence-corrected chi connectivity index (χ2v) is 8.13. The Kier molecular flexibility index (Phi) is 7.58. The molecule has 0 saturated carbocycles. The quantitative estimate of drug-likeness (QED) is 0.758. The third-order valence-corrected chi connectivity index (χ3v) is 4.10. The number of likely N-dealkylation sites (N-methyl/N-ethyl adjacent to an activating group) is 1. The van der Waals surface area contributed by atoms with Gasteiger partial charge in [-0.25, -0.2) is 4.79 Å². The van der Waals surface area contributed by atoms with E-state index >= 15 is 0 Å². The van der Waals surface area contributed by atoms with E-state index < -0.39 is 11.7 Å². The summed E-state index contributed by atoms with van der Waals surface area (Å²) < 4.78 is 5.19. The van der Waals surface area contributed by atoms with Crippen molar-refractivity contribution < 1.29 is 19.1 Å². The molecule has 160 valence electrons. The lowest BCUT2D eigenvalue weighted by atomic mass is 10.1. The zero-order valence-corrected chi connectivity index (χ0v) is 18.1. The van der Waals surface area contributed by atoms with Gasteiger partial charge in [0.05, 0.1) is 6.54 Å². The summed E-state index contributed by atoms with van der Waals surface area (Å²) in [7, 11) is 1.58. The maximum atomic E-state index is 12.6. The van der Waals surface area contributed by atoms with E-state index in [1.165, 1.54) is 4.90 Å². The van der Waals surface area contributed by atoms with Crippen LogP contribution in [-0.2, 0) is 16.1 Å². The van der Waals surface area contributed by atoms with Crippen molar-refractivity contribution in [1.29, 1.82) is 0 Å². The van der Waals surface area contributed by atoms with Gasteiger partial charge in [-0.05, 0) is 57.5 Å². The van der Waals surface area contributed by atoms with Gasteiger partial charge in [0.25, 0.3) is 5.91 Å². The number of nitrogens with one attached hydrogen (secondary N) is 2. The zero-order chi connectivity index (χ0) is 22.3. The van der Waals surface area contributed by atoms with Gasteiger partial charge in [0.2, 0.25) is 5.91 Å². The number of anilines is 1. The fourth-order valence-electron chi connectivity index (χ4n) is 2.60. The second kappa shape index (κ2) is 9.91. The topological polar surface area (TPSA) is 87.7 Å². The summed E-state index contributed by atoms with van der Waals surface area (Å²) in [6.07, 6.45) is -0.498. The molecule has 2 aromatic rings. The molecule has 2 rings (SSSR count). The first kappa shape index (κ1) is 22.9. The minimum atomic E-state index is -0.559. The van der Waals surface area contributed by atoms with Crippen molar-refractivity contribution in [2.24, 2.45) is 0 Å². The number of aryl methyl sites for hydroxylation is 1. The molecule has 30 heavy (non-hydrogen) atoms. The molecule has 0 atom stereocenters. The Morgan fingerprint density at radius 3 is 2.13 bits per heavy atom. The summed E-state index contributed by atoms with van der Waals surface area (Å²) in [5, 5.41) is 5.44. The molecule has 7 heteroatoms. The number of ether oxygens (including phenoxy) is 1. The van der Waals surface area contributed by atoms with E-state index in [0.717, 1.165) is 11.1 Å². The van der Waals surface area contributed by atoms with Gasteiger partial charge in [0, 0.05) is 24.8 Å². The van der Waals surface area contributed by atoms with Crippen LogP contribution in [0.1, 0.15) is 42.3 Å². The van der Waals surface area contributed by atoms with Gasteiger partial charge in [0.15, 0.2) is 0 Å². The molecule has 0 unspecified atom stereocenters. The Bertz CT molecular complexity index is 884. The lowest BCUT2D eigenvalue weighted by Crippen LogP contribution is -2.35. The molecule has 0 radical (unpaired) electrons. The van der Waals surface area contributed by atoms with E-state index in [1.807, 2.05) is 31.2 Å². The third kappa shape index (κ3) is 7.58. The summed E-state index contributed by atoms with van der Waals surface area (Å²) in [4.78, 5) is 37.8. The van der Waals surface area contributed by atoms with Crippen molar-refractivity contribution >= 4 is 23.6 Å². The monoisotopic (exact) mass is 411 g/mol. The Morgan fingerprint density at radius 2 is 1.57 bits per heavy atom. The second-order valence-electron chi connectivity index (χ2n) is 8.13. The van der Waals surface area contributed by atoms with Gasteiger partial charge in [0.1, 0.15) is 5.60 Å². The zero-order valence-electron chi connectivity index (χ0n) is 18.1. The molecule has 2 aromatic carbocycles. The number of carbonyl (C=O) groups excluding carboxylic acids is 3. The average Bonchev–Trinajstić information content (AvgIpc) is 2.66. The summed E-state index contributed by atoms with van der Waals surface area (Å²) in [6.45, 7) is 7.59. The highest BCUT2D eigenvalue weighted by Gasteiger charge is 2.17. The molecule has 0 bridgehead atoms. The molecule has 0 saturated heterocycles. The van der Waals surface area contributed by atoms with Crippen LogP contribution in [0.2, 0.25) is 0 Å². The van der Waals surface area contributed by atoms with Crippen LogP contribution in [0.5, 0.6) is 0 Å². The van der Waals surface area contributed by atoms with Gasteiger partial charge < -0.3 is 20.3 Å². The molecule has 0 fully saturated rings. The fraction of sp³-hybridized carbons (Fsp3) is 0.348. The molecular formula is C23H29N3O4. The molecular weight excluding hydrogens is 382 g/mol. The van der Waals surface area contributed by atoms with Gasteiger partial charge in [-0.1, -0.05) is 29.8 Å². The molecule has 0 aliphatic heterocycles. The van der Waals surface area contributed by atoms with Crippen LogP contribution in [0.15, 0.2) is 48.5 Å². The Balaban J connectivity index is 1.86. The molecule has 7 nitrogen and oxygen atoms in total. The van der Waals surface area contributed by atoms with Crippen LogP contribution in [0.4, 0.5) is 10.5 Å². The number of benzene rings is 2. The van der Waals surface area contributed by atoms with Crippen LogP contribution >= 0.6 is 0 Å². The molecule has 3 amide bonds. The van der Waals surface area contributed by atoms with Gasteiger partial charge >= 0.3 is 6.09 Å². The third-order valence-electron chi connectivity index (χ3n) is 4.10. The fourth-order valence-corrected chi connectivity index (χ4v) is 2.60. The van der Waals surface area contributed by atoms with Crippen LogP contribution in [0.3, 0.4) is 0 Å². The molecule has 0 aliphatic rings. The van der Waals surface area contributed by atoms with Gasteiger partial charge in [-0.15, -0.1) is 0 Å². The van der Waals surface area contributed by atoms with E-state index in [9.17, 15) is 14.4 Å². The first-order chi connectivity index (χ1) is 14.0. The average molecular weight is 412 g/mol. The number of hydrogen-bond acceptors (Lipinski definition) is 4. The summed E-state index contributed by atoms with van der Waals surface area (Å²) >= 11 is 0. The summed E-state index contributed by atoms with van der Waals surface area (Å²) in [6, 6.07) is 14.3. The first-order valence-electron chi connectivity index (χ1n) is 9.71. The molecule has 0 spiro atoms. The van der Waals surface area contributed by atoms with Crippen LogP contribution in [0.25, 0.3) is 0 Å². The molecule has 0 aliphatic carbocycles. The molecule has 0 heterocycles.